The highest BCUT2D eigenvalue weighted by atomic mass is 32.2. The topological polar surface area (TPSA) is 149 Å². The quantitative estimate of drug-likeness (QED) is 0.372. The summed E-state index contributed by atoms with van der Waals surface area (Å²) >= 11 is 0. The summed E-state index contributed by atoms with van der Waals surface area (Å²) in [6, 6.07) is 0.205. The highest BCUT2D eigenvalue weighted by Gasteiger charge is 2.53. The Hall–Kier alpha value is -1.69. The minimum absolute atomic E-state index is 0.0214. The van der Waals surface area contributed by atoms with Gasteiger partial charge in [-0.3, -0.25) is 0 Å². The molecule has 1 aromatic rings. The molecule has 1 aliphatic heterocycles. The Balaban J connectivity index is 1.63. The van der Waals surface area contributed by atoms with E-state index in [0.29, 0.717) is 30.2 Å². The van der Waals surface area contributed by atoms with Crippen LogP contribution in [-0.4, -0.2) is 72.4 Å². The van der Waals surface area contributed by atoms with Crippen LogP contribution in [0.25, 0.3) is 0 Å². The van der Waals surface area contributed by atoms with Gasteiger partial charge >= 0.3 is 0 Å². The number of rotatable bonds is 10. The van der Waals surface area contributed by atoms with Gasteiger partial charge in [-0.25, -0.2) is 8.42 Å². The second-order valence-electron chi connectivity index (χ2n) is 9.68. The van der Waals surface area contributed by atoms with Crippen LogP contribution in [0.15, 0.2) is 5.16 Å². The van der Waals surface area contributed by atoms with E-state index in [2.05, 4.69) is 34.4 Å². The number of nitrogens with zero attached hydrogens (tertiary/aromatic N) is 2. The second-order valence-corrected chi connectivity index (χ2v) is 11.7. The third kappa shape index (κ3) is 4.95. The first-order valence-electron chi connectivity index (χ1n) is 11.5. The lowest BCUT2D eigenvalue weighted by Crippen LogP contribution is -2.30. The van der Waals surface area contributed by atoms with Gasteiger partial charge in [-0.05, 0) is 46.0 Å². The Bertz CT molecular complexity index is 937. The largest absolute Gasteiger partial charge is 0.394 e. The van der Waals surface area contributed by atoms with Crippen molar-refractivity contribution in [2.75, 3.05) is 35.3 Å². The Morgan fingerprint density at radius 1 is 1.25 bits per heavy atom. The van der Waals surface area contributed by atoms with Crippen molar-refractivity contribution in [1.82, 2.24) is 9.97 Å². The lowest BCUT2D eigenvalue weighted by molar-refractivity contribution is -0.0935. The molecule has 1 saturated heterocycles. The van der Waals surface area contributed by atoms with Gasteiger partial charge in [-0.2, -0.15) is 9.97 Å². The number of hydrogen-bond donors (Lipinski definition) is 4. The number of aliphatic hydroxyl groups excluding tert-OH is 1. The molecule has 4 atom stereocenters. The minimum Gasteiger partial charge on any atom is -0.394 e. The Kier molecular flexibility index (Phi) is 6.54. The van der Waals surface area contributed by atoms with Gasteiger partial charge in [0.25, 0.3) is 5.16 Å². The normalized spacial score (nSPS) is 29.1. The molecule has 5 N–H and O–H groups in total. The number of fused-ring (bicyclic) bond motifs is 1. The van der Waals surface area contributed by atoms with Gasteiger partial charge in [-0.1, -0.05) is 6.92 Å². The van der Waals surface area contributed by atoms with Crippen molar-refractivity contribution in [1.29, 1.82) is 0 Å². The molecule has 32 heavy (non-hydrogen) atoms. The number of nitrogens with two attached hydrogens (primary N) is 1. The first-order chi connectivity index (χ1) is 15.1. The third-order valence-electron chi connectivity index (χ3n) is 6.31. The van der Waals surface area contributed by atoms with Gasteiger partial charge in [0.15, 0.2) is 11.6 Å². The predicted molar refractivity (Wildman–Crippen MR) is 121 cm³/mol. The summed E-state index contributed by atoms with van der Waals surface area (Å²) in [6.45, 7) is 6.11. The molecule has 3 aliphatic rings. The van der Waals surface area contributed by atoms with E-state index in [1.54, 1.807) is 0 Å². The van der Waals surface area contributed by atoms with Crippen molar-refractivity contribution in [2.45, 2.75) is 87.9 Å². The van der Waals surface area contributed by atoms with Crippen LogP contribution in [0.2, 0.25) is 0 Å². The fraction of sp³-hybridized carbons (Fsp3) is 0.810. The van der Waals surface area contributed by atoms with Gasteiger partial charge in [0.2, 0.25) is 9.84 Å². The molecule has 0 amide bonds. The predicted octanol–water partition coefficient (Wildman–Crippen LogP) is 1.56. The number of nitrogens with one attached hydrogen (secondary N) is 2. The number of sulfone groups is 1. The number of anilines is 3. The summed E-state index contributed by atoms with van der Waals surface area (Å²) in [5.41, 5.74) is 6.42. The highest BCUT2D eigenvalue weighted by Crippen LogP contribution is 2.46. The van der Waals surface area contributed by atoms with Crippen molar-refractivity contribution < 1.29 is 23.0 Å². The summed E-state index contributed by atoms with van der Waals surface area (Å²) in [7, 11) is -3.61. The number of aliphatic hydroxyl groups is 1. The zero-order valence-corrected chi connectivity index (χ0v) is 19.8. The molecule has 0 radical (unpaired) electrons. The molecule has 4 rings (SSSR count). The first-order valence-corrected chi connectivity index (χ1v) is 13.1. The van der Waals surface area contributed by atoms with E-state index in [-0.39, 0.29) is 59.9 Å². The Morgan fingerprint density at radius 2 is 1.94 bits per heavy atom. The molecule has 2 aliphatic carbocycles. The van der Waals surface area contributed by atoms with Gasteiger partial charge in [0.1, 0.15) is 5.69 Å². The van der Waals surface area contributed by atoms with Crippen molar-refractivity contribution in [2.24, 2.45) is 5.92 Å². The fourth-order valence-electron chi connectivity index (χ4n) is 4.77. The molecule has 11 heteroatoms. The molecule has 0 bridgehead atoms. The van der Waals surface area contributed by atoms with Crippen molar-refractivity contribution in [3.8, 4) is 0 Å². The standard InChI is InChI=1S/C21H35N5O5S/c1-4-9-32(28,29)20-25-18(23-12-5-6-12)16(22)19(26-20)24-14-10-15(30-8-7-27)17-13(14)11-21(2,3)31-17/h12-15,17,27H,4-11,22H2,1-3H3,(H2,23,24,25,26). The lowest BCUT2D eigenvalue weighted by Gasteiger charge is -2.25. The maximum atomic E-state index is 12.7. The van der Waals surface area contributed by atoms with Crippen LogP contribution in [0.5, 0.6) is 0 Å². The molecule has 4 unspecified atom stereocenters. The summed E-state index contributed by atoms with van der Waals surface area (Å²) in [4.78, 5) is 8.63. The summed E-state index contributed by atoms with van der Waals surface area (Å²) < 4.78 is 37.6. The highest BCUT2D eigenvalue weighted by molar-refractivity contribution is 7.91. The molecule has 10 nitrogen and oxygen atoms in total. The van der Waals surface area contributed by atoms with Gasteiger partial charge < -0.3 is 30.9 Å². The number of aromatic nitrogens is 2. The lowest BCUT2D eigenvalue weighted by atomic mass is 9.92. The van der Waals surface area contributed by atoms with Crippen molar-refractivity contribution in [3.05, 3.63) is 0 Å². The van der Waals surface area contributed by atoms with Crippen LogP contribution in [0.1, 0.15) is 52.9 Å². The molecule has 0 spiro atoms. The molecule has 3 fully saturated rings. The molecule has 2 saturated carbocycles. The van der Waals surface area contributed by atoms with E-state index in [4.69, 9.17) is 15.2 Å². The second kappa shape index (κ2) is 8.92. The van der Waals surface area contributed by atoms with E-state index >= 15 is 0 Å². The van der Waals surface area contributed by atoms with Crippen LogP contribution in [-0.2, 0) is 19.3 Å². The third-order valence-corrected chi connectivity index (χ3v) is 8.00. The van der Waals surface area contributed by atoms with Crippen LogP contribution < -0.4 is 16.4 Å². The molecular weight excluding hydrogens is 434 g/mol. The minimum atomic E-state index is -3.61. The van der Waals surface area contributed by atoms with Crippen LogP contribution in [0, 0.1) is 5.92 Å². The average molecular weight is 470 g/mol. The van der Waals surface area contributed by atoms with Gasteiger partial charge in [-0.15, -0.1) is 0 Å². The summed E-state index contributed by atoms with van der Waals surface area (Å²) in [6.07, 6.45) is 3.70. The van der Waals surface area contributed by atoms with Crippen LogP contribution >= 0.6 is 0 Å². The number of ether oxygens (including phenoxy) is 2. The smallest absolute Gasteiger partial charge is 0.251 e. The van der Waals surface area contributed by atoms with Crippen molar-refractivity contribution >= 4 is 27.2 Å². The fourth-order valence-corrected chi connectivity index (χ4v) is 5.95. The van der Waals surface area contributed by atoms with Crippen LogP contribution in [0.4, 0.5) is 17.3 Å². The molecule has 0 aromatic carbocycles. The van der Waals surface area contributed by atoms with Gasteiger partial charge in [0, 0.05) is 18.0 Å². The van der Waals surface area contributed by atoms with E-state index in [1.807, 2.05) is 6.92 Å². The maximum absolute atomic E-state index is 12.7. The molecule has 180 valence electrons. The van der Waals surface area contributed by atoms with Gasteiger partial charge in [0.05, 0.1) is 36.8 Å². The zero-order chi connectivity index (χ0) is 23.1. The van der Waals surface area contributed by atoms with E-state index in [0.717, 1.165) is 19.3 Å². The summed E-state index contributed by atoms with van der Waals surface area (Å²) in [5, 5.41) is 15.6. The van der Waals surface area contributed by atoms with E-state index in [9.17, 15) is 13.5 Å². The molecular formula is C21H35N5O5S. The number of hydrogen-bond acceptors (Lipinski definition) is 10. The zero-order valence-electron chi connectivity index (χ0n) is 19.0. The van der Waals surface area contributed by atoms with E-state index in [1.165, 1.54) is 0 Å². The first kappa shape index (κ1) is 23.5. The Morgan fingerprint density at radius 3 is 2.56 bits per heavy atom. The average Bonchev–Trinajstić information content (AvgIpc) is 3.40. The molecule has 2 heterocycles. The van der Waals surface area contributed by atoms with Crippen molar-refractivity contribution in [3.63, 3.8) is 0 Å². The summed E-state index contributed by atoms with van der Waals surface area (Å²) in [5.74, 6) is 0.824. The Labute approximate surface area is 189 Å². The SMILES string of the molecule is CCCS(=O)(=O)c1nc(NC2CC2)c(N)c(NC2CC(OCCO)C3OC(C)(C)CC23)n1. The monoisotopic (exact) mass is 469 g/mol. The molecule has 1 aromatic heterocycles. The van der Waals surface area contributed by atoms with Crippen LogP contribution in [0.3, 0.4) is 0 Å². The maximum Gasteiger partial charge on any atom is 0.251 e. The van der Waals surface area contributed by atoms with E-state index < -0.39 is 9.84 Å². The number of nitrogen functional groups attached to an aromatic ring is 1.